The zero-order chi connectivity index (χ0) is 14.7. The Morgan fingerprint density at radius 1 is 1.05 bits per heavy atom. The van der Waals surface area contributed by atoms with Gasteiger partial charge in [0.15, 0.2) is 6.29 Å². The van der Waals surface area contributed by atoms with Crippen LogP contribution in [0.1, 0.15) is 34.1 Å². The molecule has 0 heterocycles. The van der Waals surface area contributed by atoms with Gasteiger partial charge in [-0.15, -0.1) is 0 Å². The summed E-state index contributed by atoms with van der Waals surface area (Å²) in [6.07, 6.45) is 0.616. The Balaban J connectivity index is 4.01. The lowest BCUT2D eigenvalue weighted by Crippen LogP contribution is -2.39. The molecule has 5 nitrogen and oxygen atoms in total. The Kier molecular flexibility index (Phi) is 10.8. The fraction of sp³-hybridized carbons (Fsp3) is 0.929. The van der Waals surface area contributed by atoms with Crippen LogP contribution in [-0.4, -0.2) is 68.4 Å². The van der Waals surface area contributed by atoms with Crippen LogP contribution in [-0.2, 0) is 14.3 Å². The molecular formula is C14H30N2O3. The highest BCUT2D eigenvalue weighted by Gasteiger charge is 2.14. The number of carbonyl (C=O) groups is 1. The maximum atomic E-state index is 11.9. The molecule has 0 rings (SSSR count). The van der Waals surface area contributed by atoms with Crippen molar-refractivity contribution in [1.29, 1.82) is 0 Å². The fourth-order valence-corrected chi connectivity index (χ4v) is 1.90. The number of carbonyl (C=O) groups excluding carboxylic acids is 1. The molecule has 0 spiro atoms. The molecule has 19 heavy (non-hydrogen) atoms. The highest BCUT2D eigenvalue weighted by molar-refractivity contribution is 5.78. The minimum Gasteiger partial charge on any atom is -0.353 e. The summed E-state index contributed by atoms with van der Waals surface area (Å²) < 4.78 is 11.0. The molecule has 0 aromatic carbocycles. The smallest absolute Gasteiger partial charge is 0.236 e. The highest BCUT2D eigenvalue weighted by Crippen LogP contribution is 2.03. The first-order valence-corrected chi connectivity index (χ1v) is 7.28. The molecule has 0 fully saturated rings. The Labute approximate surface area is 117 Å². The molecule has 0 aliphatic rings. The van der Waals surface area contributed by atoms with E-state index in [1.165, 1.54) is 0 Å². The lowest BCUT2D eigenvalue weighted by Gasteiger charge is -2.24. The van der Waals surface area contributed by atoms with Gasteiger partial charge in [-0.05, 0) is 34.7 Å². The van der Waals surface area contributed by atoms with Crippen molar-refractivity contribution in [3.05, 3.63) is 0 Å². The van der Waals surface area contributed by atoms with E-state index in [4.69, 9.17) is 9.47 Å². The largest absolute Gasteiger partial charge is 0.353 e. The fourth-order valence-electron chi connectivity index (χ4n) is 1.90. The van der Waals surface area contributed by atoms with Crippen LogP contribution in [0.2, 0.25) is 0 Å². The molecule has 0 aliphatic heterocycles. The van der Waals surface area contributed by atoms with Crippen molar-refractivity contribution in [2.75, 3.05) is 46.4 Å². The number of likely N-dealkylation sites (N-methyl/N-ethyl adjacent to an activating group) is 2. The number of amides is 1. The summed E-state index contributed by atoms with van der Waals surface area (Å²) in [5.41, 5.74) is 0. The summed E-state index contributed by atoms with van der Waals surface area (Å²) in [6.45, 7) is 12.0. The monoisotopic (exact) mass is 274 g/mol. The molecule has 0 aromatic heterocycles. The Bertz CT molecular complexity index is 227. The molecule has 0 bridgehead atoms. The third-order valence-electron chi connectivity index (χ3n) is 2.97. The molecular weight excluding hydrogens is 244 g/mol. The first kappa shape index (κ1) is 18.4. The Morgan fingerprint density at radius 3 is 2.00 bits per heavy atom. The average molecular weight is 274 g/mol. The summed E-state index contributed by atoms with van der Waals surface area (Å²) in [6, 6.07) is 0. The van der Waals surface area contributed by atoms with Crippen LogP contribution < -0.4 is 0 Å². The van der Waals surface area contributed by atoms with Crippen LogP contribution in [0.25, 0.3) is 0 Å². The molecule has 0 saturated heterocycles. The van der Waals surface area contributed by atoms with Crippen LogP contribution in [0.15, 0.2) is 0 Å². The van der Waals surface area contributed by atoms with Gasteiger partial charge in [0.25, 0.3) is 0 Å². The number of rotatable bonds is 11. The summed E-state index contributed by atoms with van der Waals surface area (Å²) in [5, 5.41) is 0. The van der Waals surface area contributed by atoms with Crippen molar-refractivity contribution in [1.82, 2.24) is 9.80 Å². The van der Waals surface area contributed by atoms with E-state index < -0.39 is 0 Å². The van der Waals surface area contributed by atoms with Gasteiger partial charge in [-0.2, -0.15) is 0 Å². The molecule has 0 aromatic rings. The SMILES string of the molecule is CCOC(CCN(C)CC(=O)N(CC)CC)OCC. The summed E-state index contributed by atoms with van der Waals surface area (Å²) in [4.78, 5) is 15.8. The van der Waals surface area contributed by atoms with E-state index in [1.807, 2.05) is 44.5 Å². The van der Waals surface area contributed by atoms with Crippen LogP contribution in [0.3, 0.4) is 0 Å². The predicted molar refractivity (Wildman–Crippen MR) is 77.1 cm³/mol. The van der Waals surface area contributed by atoms with Gasteiger partial charge in [-0.25, -0.2) is 0 Å². The third-order valence-corrected chi connectivity index (χ3v) is 2.97. The molecule has 0 aliphatic carbocycles. The van der Waals surface area contributed by atoms with E-state index in [0.29, 0.717) is 19.8 Å². The maximum Gasteiger partial charge on any atom is 0.236 e. The van der Waals surface area contributed by atoms with Crippen molar-refractivity contribution in [2.24, 2.45) is 0 Å². The second kappa shape index (κ2) is 11.2. The topological polar surface area (TPSA) is 42.0 Å². The number of hydrogen-bond donors (Lipinski definition) is 0. The minimum atomic E-state index is -0.166. The van der Waals surface area contributed by atoms with Crippen molar-refractivity contribution in [2.45, 2.75) is 40.4 Å². The molecule has 0 N–H and O–H groups in total. The molecule has 1 amide bonds. The van der Waals surface area contributed by atoms with Crippen LogP contribution >= 0.6 is 0 Å². The second-order valence-corrected chi connectivity index (χ2v) is 4.43. The predicted octanol–water partition coefficient (Wildman–Crippen LogP) is 1.58. The second-order valence-electron chi connectivity index (χ2n) is 4.43. The number of ether oxygens (including phenoxy) is 2. The minimum absolute atomic E-state index is 0.166. The lowest BCUT2D eigenvalue weighted by molar-refractivity contribution is -0.143. The van der Waals surface area contributed by atoms with E-state index in [0.717, 1.165) is 26.1 Å². The first-order chi connectivity index (χ1) is 9.08. The number of hydrogen-bond acceptors (Lipinski definition) is 4. The van der Waals surface area contributed by atoms with Crippen molar-refractivity contribution >= 4 is 5.91 Å². The van der Waals surface area contributed by atoms with E-state index in [2.05, 4.69) is 0 Å². The van der Waals surface area contributed by atoms with E-state index in [-0.39, 0.29) is 12.2 Å². The van der Waals surface area contributed by atoms with Gasteiger partial charge in [-0.3, -0.25) is 9.69 Å². The van der Waals surface area contributed by atoms with Gasteiger partial charge >= 0.3 is 0 Å². The van der Waals surface area contributed by atoms with Crippen LogP contribution in [0.4, 0.5) is 0 Å². The zero-order valence-corrected chi connectivity index (χ0v) is 13.1. The van der Waals surface area contributed by atoms with Crippen LogP contribution in [0.5, 0.6) is 0 Å². The Hall–Kier alpha value is -0.650. The molecule has 0 radical (unpaired) electrons. The summed E-state index contributed by atoms with van der Waals surface area (Å²) >= 11 is 0. The van der Waals surface area contributed by atoms with Crippen LogP contribution in [0, 0.1) is 0 Å². The molecule has 5 heteroatoms. The first-order valence-electron chi connectivity index (χ1n) is 7.28. The normalized spacial score (nSPS) is 11.3. The molecule has 0 unspecified atom stereocenters. The highest BCUT2D eigenvalue weighted by atomic mass is 16.7. The lowest BCUT2D eigenvalue weighted by atomic mass is 10.3. The molecule has 114 valence electrons. The number of nitrogens with zero attached hydrogens (tertiary/aromatic N) is 2. The van der Waals surface area contributed by atoms with E-state index in [1.54, 1.807) is 0 Å². The maximum absolute atomic E-state index is 11.9. The average Bonchev–Trinajstić information content (AvgIpc) is 2.38. The molecule has 0 saturated carbocycles. The molecule has 0 atom stereocenters. The summed E-state index contributed by atoms with van der Waals surface area (Å²) in [7, 11) is 1.95. The van der Waals surface area contributed by atoms with E-state index >= 15 is 0 Å². The standard InChI is InChI=1S/C14H30N2O3/c1-6-16(7-2)13(17)12-15(5)11-10-14(18-8-3)19-9-4/h14H,6-12H2,1-5H3. The quantitative estimate of drug-likeness (QED) is 0.536. The van der Waals surface area contributed by atoms with Crippen molar-refractivity contribution in [3.8, 4) is 0 Å². The van der Waals surface area contributed by atoms with Gasteiger partial charge in [0.2, 0.25) is 5.91 Å². The van der Waals surface area contributed by atoms with Gasteiger partial charge in [0.1, 0.15) is 0 Å². The summed E-state index contributed by atoms with van der Waals surface area (Å²) in [5.74, 6) is 0.178. The van der Waals surface area contributed by atoms with Gasteiger partial charge in [-0.1, -0.05) is 0 Å². The van der Waals surface area contributed by atoms with Crippen molar-refractivity contribution in [3.63, 3.8) is 0 Å². The van der Waals surface area contributed by atoms with Crippen molar-refractivity contribution < 1.29 is 14.3 Å². The van der Waals surface area contributed by atoms with Gasteiger partial charge in [0.05, 0.1) is 6.54 Å². The third kappa shape index (κ3) is 8.18. The zero-order valence-electron chi connectivity index (χ0n) is 13.1. The Morgan fingerprint density at radius 2 is 1.58 bits per heavy atom. The van der Waals surface area contributed by atoms with E-state index in [9.17, 15) is 4.79 Å². The van der Waals surface area contributed by atoms with Gasteiger partial charge < -0.3 is 14.4 Å². The van der Waals surface area contributed by atoms with Gasteiger partial charge in [0, 0.05) is 39.3 Å².